The zero-order valence-corrected chi connectivity index (χ0v) is 15.2. The fraction of sp³-hybridized carbons (Fsp3) is 0.294. The van der Waals surface area contributed by atoms with Crippen molar-refractivity contribution >= 4 is 23.6 Å². The molecule has 1 N–H and O–H groups in total. The van der Waals surface area contributed by atoms with Crippen LogP contribution in [0.4, 0.5) is 4.79 Å². The number of benzene rings is 1. The molecule has 2 aromatic rings. The van der Waals surface area contributed by atoms with Crippen molar-refractivity contribution in [3.63, 3.8) is 0 Å². The number of nitrogens with zero attached hydrogens (tertiary/aromatic N) is 3. The van der Waals surface area contributed by atoms with E-state index in [9.17, 15) is 4.79 Å². The van der Waals surface area contributed by atoms with E-state index >= 15 is 0 Å². The van der Waals surface area contributed by atoms with Crippen LogP contribution in [0.1, 0.15) is 25.0 Å². The molecular formula is C17H20N4O3S. The first kappa shape index (κ1) is 18.7. The Hall–Kier alpha value is -2.61. The number of rotatable bonds is 7. The topological polar surface area (TPSA) is 85.7 Å². The largest absolute Gasteiger partial charge is 0.496 e. The Morgan fingerprint density at radius 1 is 1.32 bits per heavy atom. The number of carbonyl (C=O) groups excluding carboxylic acids is 1. The van der Waals surface area contributed by atoms with E-state index in [1.807, 2.05) is 25.1 Å². The van der Waals surface area contributed by atoms with E-state index in [0.717, 1.165) is 16.9 Å². The van der Waals surface area contributed by atoms with Gasteiger partial charge in [-0.1, -0.05) is 11.8 Å². The summed E-state index contributed by atoms with van der Waals surface area (Å²) in [5, 5.41) is 4.75. The van der Waals surface area contributed by atoms with Gasteiger partial charge in [0.2, 0.25) is 0 Å². The predicted molar refractivity (Wildman–Crippen MR) is 97.0 cm³/mol. The van der Waals surface area contributed by atoms with E-state index in [2.05, 4.69) is 20.5 Å². The van der Waals surface area contributed by atoms with Gasteiger partial charge in [-0.3, -0.25) is 0 Å². The van der Waals surface area contributed by atoms with Crippen molar-refractivity contribution in [2.45, 2.75) is 24.8 Å². The van der Waals surface area contributed by atoms with Gasteiger partial charge in [0.1, 0.15) is 5.75 Å². The molecule has 0 saturated heterocycles. The Morgan fingerprint density at radius 2 is 2.08 bits per heavy atom. The first-order chi connectivity index (χ1) is 12.1. The van der Waals surface area contributed by atoms with Gasteiger partial charge in [-0.05, 0) is 43.7 Å². The number of ether oxygens (including phenoxy) is 2. The van der Waals surface area contributed by atoms with Crippen LogP contribution >= 0.6 is 11.8 Å². The van der Waals surface area contributed by atoms with Crippen molar-refractivity contribution in [3.8, 4) is 5.75 Å². The fourth-order valence-electron chi connectivity index (χ4n) is 1.98. The van der Waals surface area contributed by atoms with Crippen molar-refractivity contribution in [2.75, 3.05) is 13.7 Å². The molecule has 1 heterocycles. The minimum atomic E-state index is -0.577. The zero-order chi connectivity index (χ0) is 18.1. The van der Waals surface area contributed by atoms with Gasteiger partial charge in [0.25, 0.3) is 0 Å². The number of hydrogen-bond acceptors (Lipinski definition) is 7. The highest BCUT2D eigenvalue weighted by molar-refractivity contribution is 7.98. The van der Waals surface area contributed by atoms with Crippen molar-refractivity contribution in [2.24, 2.45) is 5.10 Å². The third kappa shape index (κ3) is 5.75. The van der Waals surface area contributed by atoms with E-state index in [1.54, 1.807) is 32.5 Å². The lowest BCUT2D eigenvalue weighted by Gasteiger charge is -2.10. The number of thioether (sulfide) groups is 1. The van der Waals surface area contributed by atoms with E-state index in [4.69, 9.17) is 9.47 Å². The van der Waals surface area contributed by atoms with E-state index < -0.39 is 6.09 Å². The summed E-state index contributed by atoms with van der Waals surface area (Å²) < 4.78 is 10.2. The van der Waals surface area contributed by atoms with Gasteiger partial charge in [0, 0.05) is 23.7 Å². The second kappa shape index (κ2) is 9.63. The molecule has 0 aliphatic rings. The third-order valence-electron chi connectivity index (χ3n) is 3.19. The van der Waals surface area contributed by atoms with E-state index in [1.165, 1.54) is 11.8 Å². The van der Waals surface area contributed by atoms with Gasteiger partial charge < -0.3 is 9.47 Å². The third-order valence-corrected chi connectivity index (χ3v) is 4.11. The zero-order valence-electron chi connectivity index (χ0n) is 14.4. The minimum absolute atomic E-state index is 0.297. The van der Waals surface area contributed by atoms with Crippen LogP contribution in [-0.2, 0) is 10.5 Å². The number of amides is 1. The summed E-state index contributed by atoms with van der Waals surface area (Å²) in [5.41, 5.74) is 4.89. The molecule has 0 saturated carbocycles. The molecule has 25 heavy (non-hydrogen) atoms. The molecule has 0 aliphatic carbocycles. The molecular weight excluding hydrogens is 340 g/mol. The molecule has 0 unspecified atom stereocenters. The summed E-state index contributed by atoms with van der Waals surface area (Å²) in [6.07, 6.45) is 2.84. The molecule has 0 radical (unpaired) electrons. The molecule has 0 fully saturated rings. The maximum absolute atomic E-state index is 11.3. The molecule has 0 bridgehead atoms. The highest BCUT2D eigenvalue weighted by Crippen LogP contribution is 2.27. The lowest BCUT2D eigenvalue weighted by Crippen LogP contribution is -2.20. The minimum Gasteiger partial charge on any atom is -0.496 e. The smallest absolute Gasteiger partial charge is 0.427 e. The fourth-order valence-corrected chi connectivity index (χ4v) is 2.76. The SMILES string of the molecule is CCOC(=O)N/N=C(/C)c1ccc(OC)c(CSc2ncccn2)c1. The Labute approximate surface area is 150 Å². The number of methoxy groups -OCH3 is 1. The predicted octanol–water partition coefficient (Wildman–Crippen LogP) is 3.25. The van der Waals surface area contributed by atoms with Crippen LogP contribution in [0.5, 0.6) is 5.75 Å². The Bertz CT molecular complexity index is 738. The average Bonchev–Trinajstić information content (AvgIpc) is 2.65. The lowest BCUT2D eigenvalue weighted by atomic mass is 10.1. The molecule has 1 aromatic heterocycles. The molecule has 0 aliphatic heterocycles. The Kier molecular flexibility index (Phi) is 7.21. The van der Waals surface area contributed by atoms with Gasteiger partial charge in [-0.15, -0.1) is 0 Å². The summed E-state index contributed by atoms with van der Waals surface area (Å²) in [6.45, 7) is 3.84. The highest BCUT2D eigenvalue weighted by Gasteiger charge is 2.09. The summed E-state index contributed by atoms with van der Waals surface area (Å²) in [4.78, 5) is 19.7. The molecule has 7 nitrogen and oxygen atoms in total. The number of aromatic nitrogens is 2. The van der Waals surface area contributed by atoms with Gasteiger partial charge in [-0.25, -0.2) is 20.2 Å². The van der Waals surface area contributed by atoms with Crippen LogP contribution in [0.25, 0.3) is 0 Å². The molecule has 132 valence electrons. The van der Waals surface area contributed by atoms with Gasteiger partial charge in [0.15, 0.2) is 5.16 Å². The van der Waals surface area contributed by atoms with Gasteiger partial charge in [-0.2, -0.15) is 5.10 Å². The normalized spacial score (nSPS) is 11.1. The maximum atomic E-state index is 11.3. The Morgan fingerprint density at radius 3 is 2.76 bits per heavy atom. The first-order valence-corrected chi connectivity index (χ1v) is 8.66. The molecule has 0 atom stereocenters. The van der Waals surface area contributed by atoms with Crippen LogP contribution in [-0.4, -0.2) is 35.5 Å². The molecule has 8 heteroatoms. The molecule has 2 rings (SSSR count). The van der Waals surface area contributed by atoms with Crippen LogP contribution in [0, 0.1) is 0 Å². The summed E-state index contributed by atoms with van der Waals surface area (Å²) in [6, 6.07) is 7.51. The van der Waals surface area contributed by atoms with Crippen LogP contribution < -0.4 is 10.2 Å². The summed E-state index contributed by atoms with van der Waals surface area (Å²) in [5.74, 6) is 1.43. The van der Waals surface area contributed by atoms with Crippen LogP contribution in [0.15, 0.2) is 46.9 Å². The molecule has 1 aromatic carbocycles. The summed E-state index contributed by atoms with van der Waals surface area (Å²) in [7, 11) is 1.63. The van der Waals surface area contributed by atoms with Crippen LogP contribution in [0.2, 0.25) is 0 Å². The van der Waals surface area contributed by atoms with Crippen molar-refractivity contribution in [3.05, 3.63) is 47.8 Å². The Balaban J connectivity index is 2.12. The lowest BCUT2D eigenvalue weighted by molar-refractivity contribution is 0.152. The van der Waals surface area contributed by atoms with Gasteiger partial charge in [0.05, 0.1) is 19.4 Å². The first-order valence-electron chi connectivity index (χ1n) is 7.68. The van der Waals surface area contributed by atoms with Crippen molar-refractivity contribution in [1.82, 2.24) is 15.4 Å². The number of nitrogens with one attached hydrogen (secondary N) is 1. The molecule has 0 spiro atoms. The monoisotopic (exact) mass is 360 g/mol. The highest BCUT2D eigenvalue weighted by atomic mass is 32.2. The van der Waals surface area contributed by atoms with Gasteiger partial charge >= 0.3 is 6.09 Å². The van der Waals surface area contributed by atoms with E-state index in [-0.39, 0.29) is 0 Å². The molecule has 1 amide bonds. The van der Waals surface area contributed by atoms with Crippen LogP contribution in [0.3, 0.4) is 0 Å². The number of hydrazone groups is 1. The quantitative estimate of drug-likeness (QED) is 0.353. The maximum Gasteiger partial charge on any atom is 0.427 e. The second-order valence-corrected chi connectivity index (χ2v) is 5.82. The van der Waals surface area contributed by atoms with E-state index in [0.29, 0.717) is 23.2 Å². The standard InChI is InChI=1S/C17H20N4O3S/c1-4-24-17(22)21-20-12(2)13-6-7-15(23-3)14(10-13)11-25-16-18-8-5-9-19-16/h5-10H,4,11H2,1-3H3,(H,21,22)/b20-12-. The average molecular weight is 360 g/mol. The van der Waals surface area contributed by atoms with Crippen molar-refractivity contribution < 1.29 is 14.3 Å². The van der Waals surface area contributed by atoms with Crippen molar-refractivity contribution in [1.29, 1.82) is 0 Å². The number of carbonyl (C=O) groups is 1. The second-order valence-electron chi connectivity index (χ2n) is 4.88. The summed E-state index contributed by atoms with van der Waals surface area (Å²) >= 11 is 1.52. The number of hydrogen-bond donors (Lipinski definition) is 1.